The monoisotopic (exact) mass is 293 g/mol. The quantitative estimate of drug-likeness (QED) is 0.520. The Balaban J connectivity index is 0.00000200. The third-order valence-electron chi connectivity index (χ3n) is 3.15. The lowest BCUT2D eigenvalue weighted by Crippen LogP contribution is -3.00. The molecule has 0 unspecified atom stereocenters. The summed E-state index contributed by atoms with van der Waals surface area (Å²) < 4.78 is 5.33. The van der Waals surface area contributed by atoms with Gasteiger partial charge in [0.25, 0.3) is 0 Å². The van der Waals surface area contributed by atoms with Crippen LogP contribution in [0.15, 0.2) is 30.3 Å². The van der Waals surface area contributed by atoms with E-state index in [4.69, 9.17) is 4.74 Å². The van der Waals surface area contributed by atoms with Crippen molar-refractivity contribution in [1.82, 2.24) is 10.2 Å². The van der Waals surface area contributed by atoms with Gasteiger partial charge in [-0.05, 0) is 31.6 Å². The Bertz CT molecular complexity index is 407. The van der Waals surface area contributed by atoms with Crippen LogP contribution in [-0.4, -0.2) is 50.8 Å². The summed E-state index contributed by atoms with van der Waals surface area (Å²) in [7, 11) is 0. The van der Waals surface area contributed by atoms with E-state index in [0.717, 1.165) is 51.5 Å². The molecule has 4 heteroatoms. The molecule has 0 spiro atoms. The van der Waals surface area contributed by atoms with Gasteiger partial charge in [-0.25, -0.2) is 0 Å². The molecular formula is C16H22ClN2O-. The van der Waals surface area contributed by atoms with Gasteiger partial charge in [0.05, 0.1) is 19.8 Å². The maximum absolute atomic E-state index is 5.33. The van der Waals surface area contributed by atoms with Crippen LogP contribution in [0.25, 0.3) is 0 Å². The van der Waals surface area contributed by atoms with Crippen molar-refractivity contribution in [3.05, 3.63) is 35.9 Å². The van der Waals surface area contributed by atoms with Gasteiger partial charge in [0.15, 0.2) is 0 Å². The van der Waals surface area contributed by atoms with Gasteiger partial charge in [0.2, 0.25) is 0 Å². The Kier molecular flexibility index (Phi) is 9.10. The minimum Gasteiger partial charge on any atom is -1.00 e. The molecule has 1 aliphatic rings. The van der Waals surface area contributed by atoms with Crippen LogP contribution in [-0.2, 0) is 4.74 Å². The van der Waals surface area contributed by atoms with Crippen molar-refractivity contribution in [1.29, 1.82) is 0 Å². The Morgan fingerprint density at radius 2 is 1.90 bits per heavy atom. The Labute approximate surface area is 128 Å². The molecule has 1 aromatic rings. The Hall–Kier alpha value is -1.05. The zero-order chi connectivity index (χ0) is 13.2. The third kappa shape index (κ3) is 6.93. The lowest BCUT2D eigenvalue weighted by atomic mass is 10.2. The lowest BCUT2D eigenvalue weighted by molar-refractivity contribution is -0.00000540. The first kappa shape index (κ1) is 17.0. The second-order valence-electron chi connectivity index (χ2n) is 4.65. The van der Waals surface area contributed by atoms with Gasteiger partial charge < -0.3 is 22.5 Å². The molecule has 2 rings (SSSR count). The van der Waals surface area contributed by atoms with Gasteiger partial charge in [-0.15, -0.1) is 0 Å². The maximum Gasteiger partial charge on any atom is 0.0594 e. The number of hydrogen-bond acceptors (Lipinski definition) is 3. The summed E-state index contributed by atoms with van der Waals surface area (Å²) in [6.07, 6.45) is 1.17. The summed E-state index contributed by atoms with van der Waals surface area (Å²) in [5, 5.41) is 3.36. The Morgan fingerprint density at radius 3 is 2.65 bits per heavy atom. The van der Waals surface area contributed by atoms with Crippen molar-refractivity contribution in [2.75, 3.05) is 45.9 Å². The molecule has 1 heterocycles. The van der Waals surface area contributed by atoms with E-state index < -0.39 is 0 Å². The van der Waals surface area contributed by atoms with E-state index in [1.807, 2.05) is 30.3 Å². The highest BCUT2D eigenvalue weighted by Crippen LogP contribution is 1.97. The minimum atomic E-state index is 0. The van der Waals surface area contributed by atoms with Crippen LogP contribution in [0.4, 0.5) is 0 Å². The lowest BCUT2D eigenvalue weighted by Gasteiger charge is -2.26. The molecule has 1 aromatic carbocycles. The van der Waals surface area contributed by atoms with Gasteiger partial charge in [-0.2, -0.15) is 0 Å². The van der Waals surface area contributed by atoms with Crippen LogP contribution in [0.2, 0.25) is 0 Å². The first-order chi connectivity index (χ1) is 9.45. The molecule has 1 fully saturated rings. The predicted octanol–water partition coefficient (Wildman–Crippen LogP) is -1.65. The number of ether oxygens (including phenoxy) is 1. The fourth-order valence-corrected chi connectivity index (χ4v) is 2.07. The van der Waals surface area contributed by atoms with Gasteiger partial charge >= 0.3 is 0 Å². The molecule has 0 amide bonds. The molecule has 0 saturated carbocycles. The van der Waals surface area contributed by atoms with Crippen molar-refractivity contribution in [3.8, 4) is 11.8 Å². The first-order valence-corrected chi connectivity index (χ1v) is 7.00. The summed E-state index contributed by atoms with van der Waals surface area (Å²) in [6.45, 7) is 6.87. The van der Waals surface area contributed by atoms with Crippen LogP contribution in [0.1, 0.15) is 12.0 Å². The maximum atomic E-state index is 5.33. The molecule has 1 N–H and O–H groups in total. The van der Waals surface area contributed by atoms with E-state index in [9.17, 15) is 0 Å². The number of hydrogen-bond donors (Lipinski definition) is 1. The summed E-state index contributed by atoms with van der Waals surface area (Å²) in [4.78, 5) is 2.46. The standard InChI is InChI=1S/C16H22N2O.ClH/c1-2-6-16(7-3-1)8-4-9-17-10-5-11-18-12-14-19-15-13-18;/h1-3,6-7,17H,5,9-15H2;1H/p-1. The van der Waals surface area contributed by atoms with Crippen molar-refractivity contribution in [3.63, 3.8) is 0 Å². The molecule has 0 bridgehead atoms. The van der Waals surface area contributed by atoms with E-state index in [0.29, 0.717) is 0 Å². The SMILES string of the molecule is C(#Cc1ccccc1)CNCCCN1CCOCC1.[Cl-]. The topological polar surface area (TPSA) is 24.5 Å². The highest BCUT2D eigenvalue weighted by atomic mass is 35.5. The molecule has 1 aliphatic heterocycles. The van der Waals surface area contributed by atoms with E-state index in [1.54, 1.807) is 0 Å². The van der Waals surface area contributed by atoms with Crippen molar-refractivity contribution in [2.45, 2.75) is 6.42 Å². The summed E-state index contributed by atoms with van der Waals surface area (Å²) in [6, 6.07) is 10.1. The zero-order valence-corrected chi connectivity index (χ0v) is 12.5. The van der Waals surface area contributed by atoms with Crippen molar-refractivity contribution in [2.24, 2.45) is 0 Å². The zero-order valence-electron chi connectivity index (χ0n) is 11.8. The second-order valence-corrected chi connectivity index (χ2v) is 4.65. The number of nitrogens with one attached hydrogen (secondary N) is 1. The van der Waals surface area contributed by atoms with E-state index in [1.165, 1.54) is 6.42 Å². The molecule has 110 valence electrons. The molecule has 20 heavy (non-hydrogen) atoms. The van der Waals surface area contributed by atoms with Gasteiger partial charge in [0, 0.05) is 18.7 Å². The van der Waals surface area contributed by atoms with E-state index in [-0.39, 0.29) is 12.4 Å². The molecule has 0 aliphatic carbocycles. The fourth-order valence-electron chi connectivity index (χ4n) is 2.07. The number of morpholine rings is 1. The molecule has 3 nitrogen and oxygen atoms in total. The predicted molar refractivity (Wildman–Crippen MR) is 78.1 cm³/mol. The smallest absolute Gasteiger partial charge is 0.0594 e. The molecular weight excluding hydrogens is 272 g/mol. The fraction of sp³-hybridized carbons (Fsp3) is 0.500. The van der Waals surface area contributed by atoms with Crippen LogP contribution < -0.4 is 17.7 Å². The van der Waals surface area contributed by atoms with E-state index in [2.05, 4.69) is 22.1 Å². The largest absolute Gasteiger partial charge is 1.00 e. The Morgan fingerprint density at radius 1 is 1.15 bits per heavy atom. The number of nitrogens with zero attached hydrogens (tertiary/aromatic N) is 1. The van der Waals surface area contributed by atoms with Gasteiger partial charge in [-0.1, -0.05) is 30.0 Å². The normalized spacial score (nSPS) is 15.0. The highest BCUT2D eigenvalue weighted by Gasteiger charge is 2.08. The van der Waals surface area contributed by atoms with Crippen LogP contribution in [0, 0.1) is 11.8 Å². The van der Waals surface area contributed by atoms with Gasteiger partial charge in [0.1, 0.15) is 0 Å². The second kappa shape index (κ2) is 10.7. The molecule has 0 atom stereocenters. The minimum absolute atomic E-state index is 0. The summed E-state index contributed by atoms with van der Waals surface area (Å²) in [5.74, 6) is 6.29. The first-order valence-electron chi connectivity index (χ1n) is 7.00. The molecule has 0 aromatic heterocycles. The van der Waals surface area contributed by atoms with Crippen molar-refractivity contribution >= 4 is 0 Å². The van der Waals surface area contributed by atoms with Crippen LogP contribution >= 0.6 is 0 Å². The summed E-state index contributed by atoms with van der Waals surface area (Å²) >= 11 is 0. The average molecular weight is 294 g/mol. The number of benzene rings is 1. The third-order valence-corrected chi connectivity index (χ3v) is 3.15. The average Bonchev–Trinajstić information content (AvgIpc) is 2.48. The number of halogens is 1. The number of rotatable bonds is 5. The van der Waals surface area contributed by atoms with Crippen LogP contribution in [0.3, 0.4) is 0 Å². The van der Waals surface area contributed by atoms with Crippen LogP contribution in [0.5, 0.6) is 0 Å². The van der Waals surface area contributed by atoms with Crippen molar-refractivity contribution < 1.29 is 17.1 Å². The van der Waals surface area contributed by atoms with E-state index >= 15 is 0 Å². The molecule has 1 saturated heterocycles. The highest BCUT2D eigenvalue weighted by molar-refractivity contribution is 5.33. The summed E-state index contributed by atoms with van der Waals surface area (Å²) in [5.41, 5.74) is 1.08. The van der Waals surface area contributed by atoms with Gasteiger partial charge in [-0.3, -0.25) is 4.90 Å². The molecule has 0 radical (unpaired) electrons.